The number of rotatable bonds is 5. The molecule has 0 aromatic carbocycles. The van der Waals surface area contributed by atoms with Crippen LogP contribution in [0, 0.1) is 5.92 Å². The molecule has 1 aliphatic rings. The van der Waals surface area contributed by atoms with E-state index in [-0.39, 0.29) is 24.9 Å². The number of nitrogens with one attached hydrogen (secondary N) is 2. The lowest BCUT2D eigenvalue weighted by Gasteiger charge is -2.33. The minimum Gasteiger partial charge on any atom is -0.444 e. The van der Waals surface area contributed by atoms with E-state index in [2.05, 4.69) is 10.6 Å². The molecule has 0 spiro atoms. The number of amides is 1. The molecule has 0 aliphatic heterocycles. The molecule has 1 amide bonds. The minimum atomic E-state index is -4.11. The van der Waals surface area contributed by atoms with E-state index < -0.39 is 23.8 Å². The van der Waals surface area contributed by atoms with Crippen LogP contribution in [-0.4, -0.2) is 36.5 Å². The Bertz CT molecular complexity index is 381. The number of alkyl carbamates (subject to hydrolysis) is 1. The van der Waals surface area contributed by atoms with E-state index >= 15 is 0 Å². The summed E-state index contributed by atoms with van der Waals surface area (Å²) in [6, 6.07) is -0.208. The van der Waals surface area contributed by atoms with Crippen molar-refractivity contribution in [3.05, 3.63) is 0 Å². The molecule has 0 aromatic rings. The monoisotopic (exact) mass is 338 g/mol. The highest BCUT2D eigenvalue weighted by Crippen LogP contribution is 2.37. The highest BCUT2D eigenvalue weighted by atomic mass is 19.4. The molecule has 1 saturated carbocycles. The second kappa shape index (κ2) is 8.22. The lowest BCUT2D eigenvalue weighted by atomic mass is 9.85. The Balaban J connectivity index is 2.42. The lowest BCUT2D eigenvalue weighted by Crippen LogP contribution is -2.48. The van der Waals surface area contributed by atoms with Gasteiger partial charge in [-0.3, -0.25) is 0 Å². The van der Waals surface area contributed by atoms with E-state index in [0.29, 0.717) is 13.0 Å². The number of hydrogen-bond donors (Lipinski definition) is 2. The number of hydrogen-bond acceptors (Lipinski definition) is 3. The summed E-state index contributed by atoms with van der Waals surface area (Å²) < 4.78 is 43.7. The van der Waals surface area contributed by atoms with Crippen LogP contribution >= 0.6 is 0 Å². The van der Waals surface area contributed by atoms with Gasteiger partial charge in [0.25, 0.3) is 0 Å². The number of alkyl halides is 3. The maximum absolute atomic E-state index is 12.8. The summed E-state index contributed by atoms with van der Waals surface area (Å²) in [4.78, 5) is 11.6. The molecule has 136 valence electrons. The van der Waals surface area contributed by atoms with E-state index in [1.165, 1.54) is 0 Å². The van der Waals surface area contributed by atoms with E-state index in [9.17, 15) is 18.0 Å². The Morgan fingerprint density at radius 2 is 1.91 bits per heavy atom. The molecule has 23 heavy (non-hydrogen) atoms. The fourth-order valence-electron chi connectivity index (χ4n) is 2.81. The quantitative estimate of drug-likeness (QED) is 0.796. The van der Waals surface area contributed by atoms with Gasteiger partial charge in [-0.1, -0.05) is 13.3 Å². The van der Waals surface area contributed by atoms with Gasteiger partial charge in [-0.15, -0.1) is 0 Å². The van der Waals surface area contributed by atoms with Crippen molar-refractivity contribution in [2.24, 2.45) is 5.92 Å². The van der Waals surface area contributed by atoms with Crippen molar-refractivity contribution in [1.82, 2.24) is 10.6 Å². The van der Waals surface area contributed by atoms with Crippen molar-refractivity contribution in [1.29, 1.82) is 0 Å². The van der Waals surface area contributed by atoms with Gasteiger partial charge in [0.05, 0.1) is 5.92 Å². The van der Waals surface area contributed by atoms with Crippen molar-refractivity contribution in [3.63, 3.8) is 0 Å². The molecule has 2 N–H and O–H groups in total. The van der Waals surface area contributed by atoms with Crippen molar-refractivity contribution in [2.75, 3.05) is 6.54 Å². The Labute approximate surface area is 136 Å². The summed E-state index contributed by atoms with van der Waals surface area (Å²) in [5.41, 5.74) is -0.567. The topological polar surface area (TPSA) is 50.4 Å². The van der Waals surface area contributed by atoms with E-state index in [1.54, 1.807) is 20.8 Å². The molecule has 7 heteroatoms. The van der Waals surface area contributed by atoms with Crippen LogP contribution < -0.4 is 10.6 Å². The van der Waals surface area contributed by atoms with Crippen LogP contribution in [0.15, 0.2) is 0 Å². The van der Waals surface area contributed by atoms with Crippen molar-refractivity contribution in [3.8, 4) is 0 Å². The van der Waals surface area contributed by atoms with Crippen LogP contribution in [0.1, 0.15) is 59.8 Å². The Hall–Kier alpha value is -0.980. The van der Waals surface area contributed by atoms with E-state index in [0.717, 1.165) is 12.8 Å². The average Bonchev–Trinajstić information content (AvgIpc) is 2.41. The number of halogens is 3. The fourth-order valence-corrected chi connectivity index (χ4v) is 2.81. The van der Waals surface area contributed by atoms with Gasteiger partial charge in [0.2, 0.25) is 0 Å². The highest BCUT2D eigenvalue weighted by molar-refractivity contribution is 5.67. The second-order valence-corrected chi connectivity index (χ2v) is 7.26. The molecule has 0 bridgehead atoms. The molecule has 1 aliphatic carbocycles. The van der Waals surface area contributed by atoms with Crippen LogP contribution in [0.25, 0.3) is 0 Å². The SMILES string of the molecule is CCC(CNC(=O)OC(C)(C)C)NC1CCCC(C(F)(F)F)C1. The van der Waals surface area contributed by atoms with Gasteiger partial charge >= 0.3 is 12.3 Å². The number of carbonyl (C=O) groups excluding carboxylic acids is 1. The Kier molecular flexibility index (Phi) is 7.17. The Morgan fingerprint density at radius 3 is 2.43 bits per heavy atom. The first-order valence-corrected chi connectivity index (χ1v) is 8.31. The zero-order valence-corrected chi connectivity index (χ0v) is 14.4. The van der Waals surface area contributed by atoms with Gasteiger partial charge in [0.15, 0.2) is 0 Å². The van der Waals surface area contributed by atoms with Crippen LogP contribution in [0.3, 0.4) is 0 Å². The zero-order valence-electron chi connectivity index (χ0n) is 14.4. The maximum Gasteiger partial charge on any atom is 0.407 e. The van der Waals surface area contributed by atoms with Crippen LogP contribution in [0.2, 0.25) is 0 Å². The maximum atomic E-state index is 12.8. The summed E-state index contributed by atoms with van der Waals surface area (Å²) in [6.45, 7) is 7.63. The molecule has 0 saturated heterocycles. The second-order valence-electron chi connectivity index (χ2n) is 7.26. The van der Waals surface area contributed by atoms with Gasteiger partial charge in [0, 0.05) is 18.6 Å². The summed E-state index contributed by atoms with van der Waals surface area (Å²) in [5, 5.41) is 5.93. The van der Waals surface area contributed by atoms with Crippen LogP contribution in [0.4, 0.5) is 18.0 Å². The molecule has 0 heterocycles. The third-order valence-corrected chi connectivity index (χ3v) is 3.99. The normalized spacial score (nSPS) is 24.1. The number of carbonyl (C=O) groups is 1. The number of ether oxygens (including phenoxy) is 1. The van der Waals surface area contributed by atoms with Gasteiger partial charge in [0.1, 0.15) is 5.60 Å². The molecule has 1 fully saturated rings. The van der Waals surface area contributed by atoms with Crippen LogP contribution in [-0.2, 0) is 4.74 Å². The third kappa shape index (κ3) is 7.90. The first-order valence-electron chi connectivity index (χ1n) is 8.31. The van der Waals surface area contributed by atoms with Crippen molar-refractivity contribution < 1.29 is 22.7 Å². The first-order chi connectivity index (χ1) is 10.5. The fraction of sp³-hybridized carbons (Fsp3) is 0.938. The molecule has 1 rings (SSSR count). The van der Waals surface area contributed by atoms with E-state index in [4.69, 9.17) is 4.74 Å². The Morgan fingerprint density at radius 1 is 1.26 bits per heavy atom. The smallest absolute Gasteiger partial charge is 0.407 e. The average molecular weight is 338 g/mol. The van der Waals surface area contributed by atoms with Gasteiger partial charge in [-0.25, -0.2) is 4.79 Å². The van der Waals surface area contributed by atoms with Crippen molar-refractivity contribution >= 4 is 6.09 Å². The largest absolute Gasteiger partial charge is 0.444 e. The third-order valence-electron chi connectivity index (χ3n) is 3.99. The van der Waals surface area contributed by atoms with Gasteiger partial charge in [-0.05, 0) is 46.5 Å². The highest BCUT2D eigenvalue weighted by Gasteiger charge is 2.42. The standard InChI is InChI=1S/C16H29F3N2O2/c1-5-12(10-20-14(22)23-15(2,3)4)21-13-8-6-7-11(9-13)16(17,18)19/h11-13,21H,5-10H2,1-4H3,(H,20,22). The predicted octanol–water partition coefficient (Wildman–Crippen LogP) is 4.00. The summed E-state index contributed by atoms with van der Waals surface area (Å²) >= 11 is 0. The lowest BCUT2D eigenvalue weighted by molar-refractivity contribution is -0.183. The minimum absolute atomic E-state index is 0.0560. The summed E-state index contributed by atoms with van der Waals surface area (Å²) in [7, 11) is 0. The molecule has 3 atom stereocenters. The van der Waals surface area contributed by atoms with Crippen LogP contribution in [0.5, 0.6) is 0 Å². The molecular formula is C16H29F3N2O2. The van der Waals surface area contributed by atoms with Gasteiger partial charge in [-0.2, -0.15) is 13.2 Å². The molecule has 0 radical (unpaired) electrons. The molecule has 0 aromatic heterocycles. The molecule has 4 nitrogen and oxygen atoms in total. The summed E-state index contributed by atoms with van der Waals surface area (Å²) in [6.07, 6.45) is -2.23. The summed E-state index contributed by atoms with van der Waals surface area (Å²) in [5.74, 6) is -1.22. The first kappa shape index (κ1) is 20.1. The molecule has 3 unspecified atom stereocenters. The van der Waals surface area contributed by atoms with Crippen molar-refractivity contribution in [2.45, 2.75) is 83.7 Å². The molecular weight excluding hydrogens is 309 g/mol. The predicted molar refractivity (Wildman–Crippen MR) is 83.3 cm³/mol. The van der Waals surface area contributed by atoms with E-state index in [1.807, 2.05) is 6.92 Å². The zero-order chi connectivity index (χ0) is 17.7. The van der Waals surface area contributed by atoms with Gasteiger partial charge < -0.3 is 15.4 Å².